The predicted molar refractivity (Wildman–Crippen MR) is 105 cm³/mol. The average Bonchev–Trinajstić information content (AvgIpc) is 2.97. The van der Waals surface area contributed by atoms with Gasteiger partial charge in [0.1, 0.15) is 23.4 Å². The molecule has 11 heteroatoms. The van der Waals surface area contributed by atoms with E-state index >= 15 is 0 Å². The van der Waals surface area contributed by atoms with Crippen LogP contribution in [-0.4, -0.2) is 42.2 Å². The molecular weight excluding hydrogens is 415 g/mol. The normalized spacial score (nSPS) is 19.4. The summed E-state index contributed by atoms with van der Waals surface area (Å²) in [5.41, 5.74) is -1.80. The molecule has 0 fully saturated rings. The predicted octanol–water partition coefficient (Wildman–Crippen LogP) is 1.26. The van der Waals surface area contributed by atoms with Crippen molar-refractivity contribution in [2.75, 3.05) is 11.9 Å². The third-order valence-corrected chi connectivity index (χ3v) is 6.23. The number of amides is 1. The number of nitrogens with zero attached hydrogens (tertiary/aromatic N) is 2. The van der Waals surface area contributed by atoms with Crippen molar-refractivity contribution >= 4 is 21.6 Å². The third-order valence-electron chi connectivity index (χ3n) is 4.76. The van der Waals surface area contributed by atoms with Gasteiger partial charge >= 0.3 is 0 Å². The van der Waals surface area contributed by atoms with E-state index in [4.69, 9.17) is 10.00 Å². The lowest BCUT2D eigenvalue weighted by atomic mass is 9.98. The van der Waals surface area contributed by atoms with Gasteiger partial charge in [0.25, 0.3) is 5.91 Å². The van der Waals surface area contributed by atoms with Crippen molar-refractivity contribution in [1.29, 1.82) is 5.26 Å². The molecule has 0 spiro atoms. The van der Waals surface area contributed by atoms with Crippen LogP contribution in [0, 0.1) is 17.1 Å². The molecule has 2 aromatic rings. The summed E-state index contributed by atoms with van der Waals surface area (Å²) in [6.45, 7) is 4.61. The van der Waals surface area contributed by atoms with Gasteiger partial charge in [-0.3, -0.25) is 4.79 Å². The fourth-order valence-electron chi connectivity index (χ4n) is 2.93. The maximum absolute atomic E-state index is 13.5. The number of aliphatic hydroxyl groups is 1. The third kappa shape index (κ3) is 3.80. The van der Waals surface area contributed by atoms with E-state index in [1.54, 1.807) is 6.07 Å². The summed E-state index contributed by atoms with van der Waals surface area (Å²) in [6, 6.07) is 4.10. The van der Waals surface area contributed by atoms with Crippen molar-refractivity contribution in [3.05, 3.63) is 54.1 Å². The lowest BCUT2D eigenvalue weighted by Gasteiger charge is -2.28. The first kappa shape index (κ1) is 21.5. The van der Waals surface area contributed by atoms with Crippen molar-refractivity contribution in [2.45, 2.75) is 23.5 Å². The van der Waals surface area contributed by atoms with Gasteiger partial charge in [-0.2, -0.15) is 5.26 Å². The molecule has 2 atom stereocenters. The molecule has 3 rings (SSSR count). The lowest BCUT2D eigenvalue weighted by molar-refractivity contribution is 0.0555. The fourth-order valence-corrected chi connectivity index (χ4v) is 4.44. The molecule has 2 heterocycles. The van der Waals surface area contributed by atoms with E-state index in [-0.39, 0.29) is 34.2 Å². The van der Waals surface area contributed by atoms with Crippen molar-refractivity contribution in [3.8, 4) is 11.8 Å². The smallest absolute Gasteiger partial charge is 0.276 e. The van der Waals surface area contributed by atoms with E-state index < -0.39 is 33.4 Å². The van der Waals surface area contributed by atoms with Gasteiger partial charge in [-0.15, -0.1) is 6.58 Å². The van der Waals surface area contributed by atoms with Gasteiger partial charge < -0.3 is 19.7 Å². The number of anilines is 1. The summed E-state index contributed by atoms with van der Waals surface area (Å²) in [5, 5.41) is 21.8. The van der Waals surface area contributed by atoms with Gasteiger partial charge in [-0.1, -0.05) is 6.08 Å². The Kier molecular flexibility index (Phi) is 5.42. The molecule has 1 aliphatic rings. The molecule has 158 valence electrons. The van der Waals surface area contributed by atoms with Crippen molar-refractivity contribution < 1.29 is 27.4 Å². The molecule has 9 nitrogen and oxygen atoms in total. The molecule has 1 aromatic heterocycles. The highest BCUT2D eigenvalue weighted by molar-refractivity contribution is 7.89. The molecule has 0 radical (unpaired) electrons. The minimum atomic E-state index is -4.12. The number of fused-ring (bicyclic) bond motifs is 1. The van der Waals surface area contributed by atoms with Crippen LogP contribution in [0.2, 0.25) is 0 Å². The number of sulfonamides is 1. The first-order valence-corrected chi connectivity index (χ1v) is 10.2. The van der Waals surface area contributed by atoms with Gasteiger partial charge in [0.05, 0.1) is 17.2 Å². The monoisotopic (exact) mass is 434 g/mol. The van der Waals surface area contributed by atoms with E-state index in [9.17, 15) is 22.7 Å². The largest absolute Gasteiger partial charge is 0.488 e. The quantitative estimate of drug-likeness (QED) is 0.621. The number of benzene rings is 1. The minimum Gasteiger partial charge on any atom is -0.488 e. The highest BCUT2D eigenvalue weighted by Crippen LogP contribution is 2.34. The Morgan fingerprint density at radius 2 is 2.27 bits per heavy atom. The number of aromatic nitrogens is 1. The summed E-state index contributed by atoms with van der Waals surface area (Å²) in [7, 11) is -2.66. The molecule has 0 bridgehead atoms. The van der Waals surface area contributed by atoms with Gasteiger partial charge in [-0.05, 0) is 25.1 Å². The number of halogens is 1. The van der Waals surface area contributed by atoms with Crippen LogP contribution in [0.1, 0.15) is 23.0 Å². The number of carbonyl (C=O) groups excluding carboxylic acids is 1. The van der Waals surface area contributed by atoms with Crippen molar-refractivity contribution in [3.63, 3.8) is 0 Å². The minimum absolute atomic E-state index is 0.0999. The molecule has 1 aromatic carbocycles. The Morgan fingerprint density at radius 1 is 1.57 bits per heavy atom. The average molecular weight is 434 g/mol. The second kappa shape index (κ2) is 7.56. The maximum Gasteiger partial charge on any atom is 0.276 e. The molecule has 0 aliphatic carbocycles. The van der Waals surface area contributed by atoms with Crippen LogP contribution in [-0.2, 0) is 17.1 Å². The molecule has 1 aliphatic heterocycles. The molecular formula is C19H19FN4O5S. The Bertz CT molecular complexity index is 1180. The van der Waals surface area contributed by atoms with Crippen LogP contribution < -0.4 is 14.8 Å². The fraction of sp³-hybridized carbons (Fsp3) is 0.263. The van der Waals surface area contributed by atoms with E-state index in [0.717, 1.165) is 12.1 Å². The van der Waals surface area contributed by atoms with Crippen LogP contribution in [0.3, 0.4) is 0 Å². The number of nitriles is 1. The maximum atomic E-state index is 13.5. The first-order valence-electron chi connectivity index (χ1n) is 8.71. The Morgan fingerprint density at radius 3 is 2.90 bits per heavy atom. The highest BCUT2D eigenvalue weighted by Gasteiger charge is 2.40. The highest BCUT2D eigenvalue weighted by atomic mass is 32.2. The Hall–Kier alpha value is -3.20. The van der Waals surface area contributed by atoms with Crippen molar-refractivity contribution in [2.24, 2.45) is 7.05 Å². The van der Waals surface area contributed by atoms with Gasteiger partial charge in [-0.25, -0.2) is 17.5 Å². The lowest BCUT2D eigenvalue weighted by Crippen LogP contribution is -2.51. The van der Waals surface area contributed by atoms with Crippen LogP contribution in [0.25, 0.3) is 0 Å². The Balaban J connectivity index is 1.99. The number of carbonyl (C=O) groups is 1. The zero-order valence-electron chi connectivity index (χ0n) is 16.1. The van der Waals surface area contributed by atoms with Gasteiger partial charge in [0.15, 0.2) is 11.4 Å². The summed E-state index contributed by atoms with van der Waals surface area (Å²) >= 11 is 0. The van der Waals surface area contributed by atoms with Gasteiger partial charge in [0.2, 0.25) is 10.0 Å². The summed E-state index contributed by atoms with van der Waals surface area (Å²) in [6.07, 6.45) is 2.40. The van der Waals surface area contributed by atoms with Crippen LogP contribution in [0.5, 0.6) is 5.75 Å². The Labute approximate surface area is 172 Å². The van der Waals surface area contributed by atoms with Gasteiger partial charge in [0, 0.05) is 18.9 Å². The van der Waals surface area contributed by atoms with E-state index in [2.05, 4.69) is 16.6 Å². The molecule has 0 saturated heterocycles. The number of aryl methyl sites for hydroxylation is 1. The SMILES string of the molecule is C=CC(C)(O)[C@@H]1COc2c(cn(C)c2C(=O)Nc2ccc(F)c(C#N)c2)S(=O)(=O)N1. The summed E-state index contributed by atoms with van der Waals surface area (Å²) < 4.78 is 48.3. The summed E-state index contributed by atoms with van der Waals surface area (Å²) in [5.74, 6) is -1.64. The van der Waals surface area contributed by atoms with Crippen molar-refractivity contribution in [1.82, 2.24) is 9.29 Å². The van der Waals surface area contributed by atoms with Crippen LogP contribution in [0.4, 0.5) is 10.1 Å². The zero-order valence-corrected chi connectivity index (χ0v) is 17.0. The zero-order chi connectivity index (χ0) is 22.3. The second-order valence-corrected chi connectivity index (χ2v) is 8.64. The molecule has 30 heavy (non-hydrogen) atoms. The number of ether oxygens (including phenoxy) is 1. The van der Waals surface area contributed by atoms with Crippen LogP contribution >= 0.6 is 0 Å². The second-order valence-electron chi connectivity index (χ2n) is 6.96. The molecule has 1 unspecified atom stereocenters. The molecule has 3 N–H and O–H groups in total. The first-order chi connectivity index (χ1) is 14.0. The number of rotatable bonds is 4. The number of hydrogen-bond acceptors (Lipinski definition) is 6. The molecule has 0 saturated carbocycles. The van der Waals surface area contributed by atoms with Crippen LogP contribution in [0.15, 0.2) is 41.9 Å². The molecule has 1 amide bonds. The topological polar surface area (TPSA) is 133 Å². The van der Waals surface area contributed by atoms with E-state index in [0.29, 0.717) is 0 Å². The van der Waals surface area contributed by atoms with E-state index in [1.165, 1.54) is 36.9 Å². The van der Waals surface area contributed by atoms with E-state index in [1.807, 2.05) is 0 Å². The number of hydrogen-bond donors (Lipinski definition) is 3. The standard InChI is InChI=1S/C19H19FN4O5S/c1-4-19(2,26)15-10-29-17-14(30(27,28)23-15)9-24(3)16(17)18(25)22-12-5-6-13(20)11(7-12)8-21/h4-7,9,15,23,26H,1,10H2,2-3H3,(H,22,25)/t15-,19?/m0/s1. The summed E-state index contributed by atoms with van der Waals surface area (Å²) in [4.78, 5) is 12.6. The number of nitrogens with one attached hydrogen (secondary N) is 2.